The number of amides is 1. The van der Waals surface area contributed by atoms with E-state index in [4.69, 9.17) is 0 Å². The van der Waals surface area contributed by atoms with Crippen LogP contribution < -0.4 is 5.32 Å². The van der Waals surface area contributed by atoms with Crippen LogP contribution >= 0.6 is 0 Å². The molecule has 33 heavy (non-hydrogen) atoms. The van der Waals surface area contributed by atoms with Gasteiger partial charge in [0.05, 0.1) is 5.60 Å². The Balaban J connectivity index is 1.32. The van der Waals surface area contributed by atoms with Crippen LogP contribution in [0.4, 0.5) is 0 Å². The lowest BCUT2D eigenvalue weighted by Gasteiger charge is -2.65. The van der Waals surface area contributed by atoms with E-state index < -0.39 is 5.60 Å². The summed E-state index contributed by atoms with van der Waals surface area (Å²) in [6.07, 6.45) is 13.8. The lowest BCUT2D eigenvalue weighted by atomic mass is 9.40. The van der Waals surface area contributed by atoms with E-state index in [0.717, 1.165) is 42.7 Å². The first-order valence-corrected chi connectivity index (χ1v) is 13.8. The predicted molar refractivity (Wildman–Crippen MR) is 134 cm³/mol. The smallest absolute Gasteiger partial charge is 0.251 e. The first-order chi connectivity index (χ1) is 15.8. The van der Waals surface area contributed by atoms with Crippen molar-refractivity contribution in [2.75, 3.05) is 6.54 Å². The van der Waals surface area contributed by atoms with E-state index in [0.29, 0.717) is 22.7 Å². The topological polar surface area (TPSA) is 49.3 Å². The van der Waals surface area contributed by atoms with Gasteiger partial charge in [-0.2, -0.15) is 0 Å². The molecule has 4 aliphatic carbocycles. The summed E-state index contributed by atoms with van der Waals surface area (Å²) in [5.74, 6) is 3.86. The maximum absolute atomic E-state index is 12.7. The second kappa shape index (κ2) is 8.70. The van der Waals surface area contributed by atoms with Gasteiger partial charge >= 0.3 is 0 Å². The molecule has 4 aliphatic rings. The molecule has 0 aromatic heterocycles. The molecule has 4 fully saturated rings. The lowest BCUT2D eigenvalue weighted by Crippen LogP contribution is -2.59. The lowest BCUT2D eigenvalue weighted by molar-refractivity contribution is -0.171. The summed E-state index contributed by atoms with van der Waals surface area (Å²) in [7, 11) is 0. The van der Waals surface area contributed by atoms with Crippen LogP contribution in [-0.2, 0) is 0 Å². The number of carbonyl (C=O) groups excluding carboxylic acids is 1. The highest BCUT2D eigenvalue weighted by Crippen LogP contribution is 2.68. The number of fused-ring (bicyclic) bond motifs is 5. The molecule has 1 amide bonds. The standard InChI is InChI=1S/C30H45NO2/c1-4-30-18-17-28(2,33)19-22(30)13-14-24-25-12-8-11-23(29(25,3)16-15-26(24)30)20-31-27(32)21-9-6-5-7-10-21/h5-7,9-10,22-26,33H,4,8,11-20H2,1-3H3,(H,31,32)/t22-,23-,24+,25+,26+,28-,29-,30+/m1/s1. The molecule has 8 atom stereocenters. The number of hydrogen-bond donors (Lipinski definition) is 2. The van der Waals surface area contributed by atoms with Gasteiger partial charge < -0.3 is 10.4 Å². The summed E-state index contributed by atoms with van der Waals surface area (Å²) in [5.41, 5.74) is 1.13. The first kappa shape index (κ1) is 23.4. The van der Waals surface area contributed by atoms with Crippen molar-refractivity contribution in [1.29, 1.82) is 0 Å². The Kier molecular flexibility index (Phi) is 6.17. The van der Waals surface area contributed by atoms with Crippen LogP contribution in [0.2, 0.25) is 0 Å². The van der Waals surface area contributed by atoms with E-state index in [9.17, 15) is 9.90 Å². The minimum Gasteiger partial charge on any atom is -0.390 e. The Morgan fingerprint density at radius 3 is 2.55 bits per heavy atom. The average molecular weight is 452 g/mol. The van der Waals surface area contributed by atoms with Crippen molar-refractivity contribution < 1.29 is 9.90 Å². The Labute approximate surface area is 201 Å². The summed E-state index contributed by atoms with van der Waals surface area (Å²) in [5, 5.41) is 14.1. The van der Waals surface area contributed by atoms with Crippen molar-refractivity contribution in [3.63, 3.8) is 0 Å². The monoisotopic (exact) mass is 451 g/mol. The summed E-state index contributed by atoms with van der Waals surface area (Å²) in [6, 6.07) is 9.68. The van der Waals surface area contributed by atoms with Crippen LogP contribution in [0.15, 0.2) is 30.3 Å². The van der Waals surface area contributed by atoms with Gasteiger partial charge in [0, 0.05) is 12.1 Å². The zero-order chi connectivity index (χ0) is 23.3. The van der Waals surface area contributed by atoms with Crippen molar-refractivity contribution in [3.05, 3.63) is 35.9 Å². The first-order valence-electron chi connectivity index (χ1n) is 13.8. The largest absolute Gasteiger partial charge is 0.390 e. The van der Waals surface area contributed by atoms with Crippen LogP contribution in [0.25, 0.3) is 0 Å². The highest BCUT2D eigenvalue weighted by molar-refractivity contribution is 5.94. The Morgan fingerprint density at radius 1 is 1.00 bits per heavy atom. The van der Waals surface area contributed by atoms with E-state index in [1.807, 2.05) is 30.3 Å². The third-order valence-corrected chi connectivity index (χ3v) is 11.3. The SMILES string of the molecule is CC[C@]12CC[C@@](C)(O)C[C@H]1CC[C@H]1[C@@H]3CCC[C@H](CNC(=O)c4ccccc4)[C@@]3(C)CC[C@@H]12. The molecule has 182 valence electrons. The van der Waals surface area contributed by atoms with E-state index in [-0.39, 0.29) is 5.91 Å². The molecule has 0 aliphatic heterocycles. The van der Waals surface area contributed by atoms with E-state index in [2.05, 4.69) is 26.1 Å². The fourth-order valence-electron chi connectivity index (χ4n) is 9.50. The zero-order valence-electron chi connectivity index (χ0n) is 21.1. The van der Waals surface area contributed by atoms with Crippen molar-refractivity contribution in [2.45, 2.75) is 97.0 Å². The molecule has 3 nitrogen and oxygen atoms in total. The molecule has 0 bridgehead atoms. The van der Waals surface area contributed by atoms with Crippen LogP contribution in [0.5, 0.6) is 0 Å². The molecule has 1 aromatic rings. The fourth-order valence-corrected chi connectivity index (χ4v) is 9.50. The van der Waals surface area contributed by atoms with Gasteiger partial charge in [-0.25, -0.2) is 0 Å². The summed E-state index contributed by atoms with van der Waals surface area (Å²) in [6.45, 7) is 7.91. The number of rotatable bonds is 4. The van der Waals surface area contributed by atoms with Gasteiger partial charge in [-0.3, -0.25) is 4.79 Å². The van der Waals surface area contributed by atoms with Gasteiger partial charge in [0.2, 0.25) is 0 Å². The van der Waals surface area contributed by atoms with Crippen LogP contribution in [0.1, 0.15) is 102 Å². The molecule has 0 heterocycles. The Morgan fingerprint density at radius 2 is 1.79 bits per heavy atom. The van der Waals surface area contributed by atoms with Gasteiger partial charge in [0.1, 0.15) is 0 Å². The normalized spacial score (nSPS) is 44.8. The average Bonchev–Trinajstić information content (AvgIpc) is 2.82. The molecule has 5 rings (SSSR count). The highest BCUT2D eigenvalue weighted by atomic mass is 16.3. The minimum absolute atomic E-state index is 0.0784. The molecule has 0 spiro atoms. The number of hydrogen-bond acceptors (Lipinski definition) is 2. The fraction of sp³-hybridized carbons (Fsp3) is 0.767. The van der Waals surface area contributed by atoms with E-state index >= 15 is 0 Å². The molecule has 3 heteroatoms. The van der Waals surface area contributed by atoms with Crippen LogP contribution in [-0.4, -0.2) is 23.2 Å². The number of nitrogens with one attached hydrogen (secondary N) is 1. The van der Waals surface area contributed by atoms with E-state index in [1.165, 1.54) is 57.8 Å². The maximum Gasteiger partial charge on any atom is 0.251 e. The Bertz CT molecular complexity index is 850. The summed E-state index contributed by atoms with van der Waals surface area (Å²) < 4.78 is 0. The molecule has 2 N–H and O–H groups in total. The molecular formula is C30H45NO2. The van der Waals surface area contributed by atoms with Gasteiger partial charge in [-0.05, 0) is 124 Å². The third kappa shape index (κ3) is 3.97. The predicted octanol–water partition coefficient (Wildman–Crippen LogP) is 6.61. The number of aliphatic hydroxyl groups is 1. The molecular weight excluding hydrogens is 406 g/mol. The quantitative estimate of drug-likeness (QED) is 0.541. The molecule has 0 radical (unpaired) electrons. The van der Waals surface area contributed by atoms with Crippen LogP contribution in [0.3, 0.4) is 0 Å². The molecule has 0 saturated heterocycles. The second-order valence-electron chi connectivity index (χ2n) is 12.7. The Hall–Kier alpha value is -1.35. The van der Waals surface area contributed by atoms with Gasteiger partial charge in [0.15, 0.2) is 0 Å². The molecule has 4 saturated carbocycles. The summed E-state index contributed by atoms with van der Waals surface area (Å²) >= 11 is 0. The third-order valence-electron chi connectivity index (χ3n) is 11.3. The number of benzene rings is 1. The maximum atomic E-state index is 12.7. The van der Waals surface area contributed by atoms with Gasteiger partial charge in [0.25, 0.3) is 5.91 Å². The van der Waals surface area contributed by atoms with Crippen molar-refractivity contribution in [2.24, 2.45) is 40.4 Å². The van der Waals surface area contributed by atoms with Crippen LogP contribution in [0, 0.1) is 40.4 Å². The van der Waals surface area contributed by atoms with Crippen molar-refractivity contribution in [1.82, 2.24) is 5.32 Å². The zero-order valence-corrected chi connectivity index (χ0v) is 21.1. The minimum atomic E-state index is -0.452. The van der Waals surface area contributed by atoms with Gasteiger partial charge in [-0.15, -0.1) is 0 Å². The van der Waals surface area contributed by atoms with Crippen molar-refractivity contribution in [3.8, 4) is 0 Å². The molecule has 1 aromatic carbocycles. The van der Waals surface area contributed by atoms with E-state index in [1.54, 1.807) is 0 Å². The number of carbonyl (C=O) groups is 1. The summed E-state index contributed by atoms with van der Waals surface area (Å²) in [4.78, 5) is 12.7. The van der Waals surface area contributed by atoms with Gasteiger partial charge in [-0.1, -0.05) is 38.5 Å². The second-order valence-corrected chi connectivity index (χ2v) is 12.7. The molecule has 0 unspecified atom stereocenters. The van der Waals surface area contributed by atoms with Crippen molar-refractivity contribution >= 4 is 5.91 Å². The highest BCUT2D eigenvalue weighted by Gasteiger charge is 2.60.